The second-order valence-electron chi connectivity index (χ2n) is 9.15. The summed E-state index contributed by atoms with van der Waals surface area (Å²) < 4.78 is 0. The third-order valence-corrected chi connectivity index (χ3v) is 6.45. The topological polar surface area (TPSA) is 104 Å². The average molecular weight is 484 g/mol. The number of carbonyl (C=O) groups excluding carboxylic acids is 2. The van der Waals surface area contributed by atoms with Crippen molar-refractivity contribution in [2.75, 3.05) is 19.7 Å². The molecule has 0 bridgehead atoms. The predicted molar refractivity (Wildman–Crippen MR) is 144 cm³/mol. The molecule has 186 valence electrons. The van der Waals surface area contributed by atoms with Crippen LogP contribution >= 0.6 is 0 Å². The van der Waals surface area contributed by atoms with Crippen molar-refractivity contribution < 1.29 is 14.7 Å². The minimum Gasteiger partial charge on any atom is -0.396 e. The Morgan fingerprint density at radius 3 is 1.86 bits per heavy atom. The van der Waals surface area contributed by atoms with Gasteiger partial charge in [-0.05, 0) is 52.1 Å². The highest BCUT2D eigenvalue weighted by Crippen LogP contribution is 2.19. The van der Waals surface area contributed by atoms with Gasteiger partial charge in [-0.2, -0.15) is 0 Å². The van der Waals surface area contributed by atoms with E-state index in [9.17, 15) is 14.7 Å². The lowest BCUT2D eigenvalue weighted by Crippen LogP contribution is -2.50. The van der Waals surface area contributed by atoms with Crippen LogP contribution < -0.4 is 16.4 Å². The fraction of sp³-hybridized carbons (Fsp3) is 0.267. The minimum absolute atomic E-state index is 0.257. The number of aliphatic hydroxyl groups is 1. The second-order valence-corrected chi connectivity index (χ2v) is 9.15. The Morgan fingerprint density at radius 1 is 0.750 bits per heavy atom. The largest absolute Gasteiger partial charge is 0.396 e. The van der Waals surface area contributed by atoms with Crippen LogP contribution in [0.1, 0.15) is 17.5 Å². The molecule has 2 atom stereocenters. The van der Waals surface area contributed by atoms with E-state index >= 15 is 0 Å². The number of amides is 2. The van der Waals surface area contributed by atoms with E-state index in [1.807, 2.05) is 84.9 Å². The van der Waals surface area contributed by atoms with E-state index in [0.29, 0.717) is 32.4 Å². The maximum atomic E-state index is 13.2. The standard InChI is InChI=1S/C30H33N3O3/c31-14-5-15-32-30(36)28(19-22-11-13-24-7-2-4-9-26(24)17-22)33-29(35)27(20-34)18-21-10-12-23-6-1-3-8-25(23)16-21/h1-4,6-13,16-17,27-28,34H,5,14-15,18-20,31H2,(H,32,36)(H,33,35)/t27-,28+/m1/s1. The van der Waals surface area contributed by atoms with Crippen molar-refractivity contribution >= 4 is 33.4 Å². The Labute approximate surface area is 211 Å². The van der Waals surface area contributed by atoms with Crippen LogP contribution in [0.4, 0.5) is 0 Å². The quantitative estimate of drug-likeness (QED) is 0.246. The van der Waals surface area contributed by atoms with Gasteiger partial charge in [0.25, 0.3) is 0 Å². The molecule has 0 aliphatic rings. The summed E-state index contributed by atoms with van der Waals surface area (Å²) >= 11 is 0. The van der Waals surface area contributed by atoms with Crippen LogP contribution in [0, 0.1) is 5.92 Å². The fourth-order valence-electron chi connectivity index (χ4n) is 4.43. The van der Waals surface area contributed by atoms with Gasteiger partial charge < -0.3 is 21.5 Å². The van der Waals surface area contributed by atoms with Crippen molar-refractivity contribution in [1.82, 2.24) is 10.6 Å². The molecule has 0 unspecified atom stereocenters. The zero-order chi connectivity index (χ0) is 25.3. The number of nitrogens with one attached hydrogen (secondary N) is 2. The molecule has 0 aliphatic carbocycles. The molecule has 6 nitrogen and oxygen atoms in total. The molecule has 6 heteroatoms. The van der Waals surface area contributed by atoms with E-state index < -0.39 is 12.0 Å². The highest BCUT2D eigenvalue weighted by Gasteiger charge is 2.26. The first-order chi connectivity index (χ1) is 17.6. The van der Waals surface area contributed by atoms with Crippen molar-refractivity contribution in [2.45, 2.75) is 25.3 Å². The summed E-state index contributed by atoms with van der Waals surface area (Å²) in [4.78, 5) is 26.2. The number of hydrogen-bond acceptors (Lipinski definition) is 4. The fourth-order valence-corrected chi connectivity index (χ4v) is 4.43. The van der Waals surface area contributed by atoms with E-state index in [0.717, 1.165) is 32.7 Å². The number of aliphatic hydroxyl groups excluding tert-OH is 1. The third-order valence-electron chi connectivity index (χ3n) is 6.45. The average Bonchev–Trinajstić information content (AvgIpc) is 2.91. The molecule has 0 radical (unpaired) electrons. The Kier molecular flexibility index (Phi) is 8.66. The molecule has 0 aromatic heterocycles. The number of nitrogens with two attached hydrogens (primary N) is 1. The molecule has 2 amide bonds. The van der Waals surface area contributed by atoms with Crippen LogP contribution in [0.15, 0.2) is 84.9 Å². The summed E-state index contributed by atoms with van der Waals surface area (Å²) in [5.74, 6) is -1.26. The van der Waals surface area contributed by atoms with E-state index in [2.05, 4.69) is 10.6 Å². The summed E-state index contributed by atoms with van der Waals surface area (Å²) in [6, 6.07) is 27.4. The second kappa shape index (κ2) is 12.3. The van der Waals surface area contributed by atoms with Gasteiger partial charge >= 0.3 is 0 Å². The Balaban J connectivity index is 1.49. The zero-order valence-electron chi connectivity index (χ0n) is 20.3. The van der Waals surface area contributed by atoms with Gasteiger partial charge in [-0.3, -0.25) is 9.59 Å². The highest BCUT2D eigenvalue weighted by molar-refractivity contribution is 5.89. The maximum Gasteiger partial charge on any atom is 0.242 e. The van der Waals surface area contributed by atoms with Gasteiger partial charge in [-0.15, -0.1) is 0 Å². The summed E-state index contributed by atoms with van der Waals surface area (Å²) in [7, 11) is 0. The molecule has 0 saturated carbocycles. The highest BCUT2D eigenvalue weighted by atomic mass is 16.3. The van der Waals surface area contributed by atoms with Gasteiger partial charge in [0.1, 0.15) is 6.04 Å². The number of fused-ring (bicyclic) bond motifs is 2. The lowest BCUT2D eigenvalue weighted by atomic mass is 9.96. The number of carbonyl (C=O) groups is 2. The Morgan fingerprint density at radius 2 is 1.31 bits per heavy atom. The summed E-state index contributed by atoms with van der Waals surface area (Å²) in [6.07, 6.45) is 1.38. The van der Waals surface area contributed by atoms with E-state index in [1.165, 1.54) is 0 Å². The first-order valence-electron chi connectivity index (χ1n) is 12.4. The van der Waals surface area contributed by atoms with Crippen LogP contribution in [0.5, 0.6) is 0 Å². The van der Waals surface area contributed by atoms with Gasteiger partial charge in [0.05, 0.1) is 12.5 Å². The lowest BCUT2D eigenvalue weighted by Gasteiger charge is -2.22. The normalized spacial score (nSPS) is 12.8. The number of benzene rings is 4. The van der Waals surface area contributed by atoms with Gasteiger partial charge in [-0.1, -0.05) is 84.9 Å². The van der Waals surface area contributed by atoms with E-state index in [-0.39, 0.29) is 18.4 Å². The lowest BCUT2D eigenvalue weighted by molar-refractivity contribution is -0.131. The predicted octanol–water partition coefficient (Wildman–Crippen LogP) is 3.34. The first-order valence-corrected chi connectivity index (χ1v) is 12.4. The SMILES string of the molecule is NCCCNC(=O)[C@H](Cc1ccc2ccccc2c1)NC(=O)[C@@H](CO)Cc1ccc2ccccc2c1. The monoisotopic (exact) mass is 483 g/mol. The molecule has 0 spiro atoms. The molecule has 0 aliphatic heterocycles. The van der Waals surface area contributed by atoms with Crippen molar-refractivity contribution in [3.63, 3.8) is 0 Å². The van der Waals surface area contributed by atoms with Crippen LogP contribution in [0.2, 0.25) is 0 Å². The van der Waals surface area contributed by atoms with Gasteiger partial charge in [-0.25, -0.2) is 0 Å². The van der Waals surface area contributed by atoms with Crippen LogP contribution in [0.25, 0.3) is 21.5 Å². The van der Waals surface area contributed by atoms with Crippen molar-refractivity contribution in [3.05, 3.63) is 96.1 Å². The molecule has 4 aromatic carbocycles. The van der Waals surface area contributed by atoms with E-state index in [1.54, 1.807) is 0 Å². The zero-order valence-corrected chi connectivity index (χ0v) is 20.3. The Bertz CT molecular complexity index is 1340. The summed E-state index contributed by atoms with van der Waals surface area (Å²) in [6.45, 7) is 0.608. The molecular weight excluding hydrogens is 450 g/mol. The van der Waals surface area contributed by atoms with Gasteiger partial charge in [0.2, 0.25) is 11.8 Å². The number of rotatable bonds is 11. The van der Waals surface area contributed by atoms with Crippen LogP contribution in [0.3, 0.4) is 0 Å². The summed E-state index contributed by atoms with van der Waals surface area (Å²) in [5, 5.41) is 20.2. The molecular formula is C30H33N3O3. The molecule has 4 rings (SSSR count). The minimum atomic E-state index is -0.762. The van der Waals surface area contributed by atoms with Crippen molar-refractivity contribution in [3.8, 4) is 0 Å². The summed E-state index contributed by atoms with van der Waals surface area (Å²) in [5.41, 5.74) is 7.47. The molecule has 36 heavy (non-hydrogen) atoms. The van der Waals surface area contributed by atoms with Crippen molar-refractivity contribution in [1.29, 1.82) is 0 Å². The van der Waals surface area contributed by atoms with Crippen molar-refractivity contribution in [2.24, 2.45) is 11.7 Å². The molecule has 5 N–H and O–H groups in total. The smallest absolute Gasteiger partial charge is 0.242 e. The number of hydrogen-bond donors (Lipinski definition) is 4. The van der Waals surface area contributed by atoms with Crippen LogP contribution in [-0.4, -0.2) is 42.7 Å². The van der Waals surface area contributed by atoms with E-state index in [4.69, 9.17) is 5.73 Å². The van der Waals surface area contributed by atoms with Crippen LogP contribution in [-0.2, 0) is 22.4 Å². The Hall–Kier alpha value is -3.74. The third kappa shape index (κ3) is 6.47. The molecule has 0 saturated heterocycles. The van der Waals surface area contributed by atoms with Gasteiger partial charge in [0, 0.05) is 13.0 Å². The van der Waals surface area contributed by atoms with Gasteiger partial charge in [0.15, 0.2) is 0 Å². The first kappa shape index (κ1) is 25.4. The molecule has 4 aromatic rings. The molecule has 0 fully saturated rings. The molecule has 0 heterocycles. The maximum absolute atomic E-state index is 13.2.